The summed E-state index contributed by atoms with van der Waals surface area (Å²) in [5.41, 5.74) is -0.0570. The molecule has 0 unspecified atom stereocenters. The lowest BCUT2D eigenvalue weighted by Crippen LogP contribution is -2.31. The molecule has 0 bridgehead atoms. The average molecular weight is 292 g/mol. The number of likely N-dealkylation sites (N-methyl/N-ethyl adjacent to an activating group) is 1. The Hall–Kier alpha value is -2.50. The number of hydrogen-bond donors (Lipinski definition) is 0. The molecule has 1 amide bonds. The molecule has 6 heteroatoms. The Kier molecular flexibility index (Phi) is 4.81. The van der Waals surface area contributed by atoms with Crippen LogP contribution in [0.5, 0.6) is 5.75 Å². The van der Waals surface area contributed by atoms with Gasteiger partial charge in [0.05, 0.1) is 18.3 Å². The van der Waals surface area contributed by atoms with Crippen molar-refractivity contribution in [1.29, 1.82) is 0 Å². The van der Waals surface area contributed by atoms with E-state index in [4.69, 9.17) is 4.74 Å². The minimum atomic E-state index is -0.677. The number of halogens is 2. The molecular weight excluding hydrogens is 278 g/mol. The number of benzene rings is 1. The zero-order chi connectivity index (χ0) is 15.2. The fraction of sp³-hybridized carbons (Fsp3) is 0.200. The molecule has 0 aliphatic heterocycles. The first-order chi connectivity index (χ1) is 10.1. The molecule has 2 aromatic rings. The van der Waals surface area contributed by atoms with Crippen LogP contribution in [-0.4, -0.2) is 36.0 Å². The molecule has 2 rings (SSSR count). The van der Waals surface area contributed by atoms with Crippen molar-refractivity contribution in [2.75, 3.05) is 20.2 Å². The maximum Gasteiger partial charge on any atom is 0.256 e. The Morgan fingerprint density at radius 2 is 2.00 bits per heavy atom. The lowest BCUT2D eigenvalue weighted by atomic mass is 10.2. The standard InChI is InChI=1S/C15H14F2N2O2/c1-19(15(20)11-6-7-18-10-13(11)17)8-9-21-14-5-3-2-4-12(14)16/h2-7,10H,8-9H2,1H3. The summed E-state index contributed by atoms with van der Waals surface area (Å²) in [5, 5.41) is 0. The predicted molar refractivity (Wildman–Crippen MR) is 73.1 cm³/mol. The van der Waals surface area contributed by atoms with Gasteiger partial charge in [0, 0.05) is 13.2 Å². The van der Waals surface area contributed by atoms with Gasteiger partial charge in [-0.05, 0) is 18.2 Å². The first-order valence-electron chi connectivity index (χ1n) is 6.32. The highest BCUT2D eigenvalue weighted by Gasteiger charge is 2.16. The zero-order valence-electron chi connectivity index (χ0n) is 11.4. The number of hydrogen-bond acceptors (Lipinski definition) is 3. The maximum atomic E-state index is 13.4. The molecule has 0 aliphatic rings. The van der Waals surface area contributed by atoms with Crippen molar-refractivity contribution in [3.8, 4) is 5.75 Å². The van der Waals surface area contributed by atoms with Crippen LogP contribution in [0.2, 0.25) is 0 Å². The van der Waals surface area contributed by atoms with Crippen LogP contribution < -0.4 is 4.74 Å². The topological polar surface area (TPSA) is 42.4 Å². The Bertz CT molecular complexity index is 635. The number of para-hydroxylation sites is 1. The molecular formula is C15H14F2N2O2. The number of nitrogens with zero attached hydrogens (tertiary/aromatic N) is 2. The van der Waals surface area contributed by atoms with Crippen LogP contribution in [0.4, 0.5) is 8.78 Å². The monoisotopic (exact) mass is 292 g/mol. The molecule has 1 aromatic heterocycles. The first-order valence-corrected chi connectivity index (χ1v) is 6.32. The van der Waals surface area contributed by atoms with Gasteiger partial charge in [-0.1, -0.05) is 12.1 Å². The third-order valence-electron chi connectivity index (χ3n) is 2.87. The van der Waals surface area contributed by atoms with Crippen molar-refractivity contribution in [1.82, 2.24) is 9.88 Å². The smallest absolute Gasteiger partial charge is 0.256 e. The van der Waals surface area contributed by atoms with Crippen LogP contribution in [0.1, 0.15) is 10.4 Å². The molecule has 0 spiro atoms. The minimum absolute atomic E-state index is 0.0570. The van der Waals surface area contributed by atoms with E-state index >= 15 is 0 Å². The number of rotatable bonds is 5. The van der Waals surface area contributed by atoms with Gasteiger partial charge in [0.15, 0.2) is 17.4 Å². The van der Waals surface area contributed by atoms with Gasteiger partial charge >= 0.3 is 0 Å². The summed E-state index contributed by atoms with van der Waals surface area (Å²) in [5.74, 6) is -1.50. The highest BCUT2D eigenvalue weighted by atomic mass is 19.1. The SMILES string of the molecule is CN(CCOc1ccccc1F)C(=O)c1ccncc1F. The molecule has 21 heavy (non-hydrogen) atoms. The van der Waals surface area contributed by atoms with E-state index in [0.717, 1.165) is 6.20 Å². The maximum absolute atomic E-state index is 13.4. The van der Waals surface area contributed by atoms with E-state index in [0.29, 0.717) is 0 Å². The molecule has 0 fully saturated rings. The first kappa shape index (κ1) is 14.9. The highest BCUT2D eigenvalue weighted by molar-refractivity contribution is 5.94. The van der Waals surface area contributed by atoms with Crippen molar-refractivity contribution in [2.45, 2.75) is 0 Å². The quantitative estimate of drug-likeness (QED) is 0.850. The predicted octanol–water partition coefficient (Wildman–Crippen LogP) is 2.51. The number of carbonyl (C=O) groups is 1. The van der Waals surface area contributed by atoms with Crippen molar-refractivity contribution in [3.63, 3.8) is 0 Å². The van der Waals surface area contributed by atoms with Gasteiger partial charge in [-0.15, -0.1) is 0 Å². The highest BCUT2D eigenvalue weighted by Crippen LogP contribution is 2.15. The van der Waals surface area contributed by atoms with Crippen LogP contribution in [0.3, 0.4) is 0 Å². The third-order valence-corrected chi connectivity index (χ3v) is 2.87. The number of amides is 1. The van der Waals surface area contributed by atoms with Crippen molar-refractivity contribution in [3.05, 3.63) is 59.9 Å². The summed E-state index contributed by atoms with van der Waals surface area (Å²) >= 11 is 0. The number of ether oxygens (including phenoxy) is 1. The van der Waals surface area contributed by atoms with Gasteiger partial charge in [0.25, 0.3) is 5.91 Å². The summed E-state index contributed by atoms with van der Waals surface area (Å²) < 4.78 is 32.0. The van der Waals surface area contributed by atoms with Crippen LogP contribution in [0, 0.1) is 11.6 Å². The van der Waals surface area contributed by atoms with Crippen LogP contribution in [0.25, 0.3) is 0 Å². The summed E-state index contributed by atoms with van der Waals surface area (Å²) in [7, 11) is 1.52. The fourth-order valence-electron chi connectivity index (χ4n) is 1.71. The Labute approximate surface area is 121 Å². The lowest BCUT2D eigenvalue weighted by Gasteiger charge is -2.17. The Morgan fingerprint density at radius 1 is 1.24 bits per heavy atom. The van der Waals surface area contributed by atoms with E-state index in [2.05, 4.69) is 4.98 Å². The van der Waals surface area contributed by atoms with Crippen LogP contribution in [-0.2, 0) is 0 Å². The summed E-state index contributed by atoms with van der Waals surface area (Å²) in [4.78, 5) is 16.9. The van der Waals surface area contributed by atoms with Crippen molar-refractivity contribution < 1.29 is 18.3 Å². The lowest BCUT2D eigenvalue weighted by molar-refractivity contribution is 0.0768. The second-order valence-electron chi connectivity index (χ2n) is 4.36. The number of carbonyl (C=O) groups excluding carboxylic acids is 1. The number of aromatic nitrogens is 1. The van der Waals surface area contributed by atoms with Gasteiger partial charge in [-0.3, -0.25) is 9.78 Å². The van der Waals surface area contributed by atoms with Gasteiger partial charge in [0.2, 0.25) is 0 Å². The molecule has 1 heterocycles. The van der Waals surface area contributed by atoms with Crippen LogP contribution >= 0.6 is 0 Å². The molecule has 0 atom stereocenters. The molecule has 0 saturated carbocycles. The van der Waals surface area contributed by atoms with Crippen LogP contribution in [0.15, 0.2) is 42.7 Å². The summed E-state index contributed by atoms with van der Waals surface area (Å²) in [6, 6.07) is 7.31. The van der Waals surface area contributed by atoms with Gasteiger partial charge < -0.3 is 9.64 Å². The van der Waals surface area contributed by atoms with E-state index in [9.17, 15) is 13.6 Å². The minimum Gasteiger partial charge on any atom is -0.489 e. The molecule has 0 aliphatic carbocycles. The van der Waals surface area contributed by atoms with E-state index in [1.807, 2.05) is 0 Å². The molecule has 1 aromatic carbocycles. The molecule has 0 radical (unpaired) electrons. The second-order valence-corrected chi connectivity index (χ2v) is 4.36. The molecule has 4 nitrogen and oxygen atoms in total. The fourth-order valence-corrected chi connectivity index (χ4v) is 1.71. The van der Waals surface area contributed by atoms with Gasteiger partial charge in [0.1, 0.15) is 6.61 Å². The zero-order valence-corrected chi connectivity index (χ0v) is 11.4. The van der Waals surface area contributed by atoms with E-state index < -0.39 is 17.5 Å². The largest absolute Gasteiger partial charge is 0.489 e. The Morgan fingerprint density at radius 3 is 2.71 bits per heavy atom. The molecule has 0 saturated heterocycles. The van der Waals surface area contributed by atoms with E-state index in [-0.39, 0.29) is 24.5 Å². The van der Waals surface area contributed by atoms with Crippen molar-refractivity contribution in [2.24, 2.45) is 0 Å². The van der Waals surface area contributed by atoms with Gasteiger partial charge in [-0.2, -0.15) is 0 Å². The second kappa shape index (κ2) is 6.78. The summed E-state index contributed by atoms with van der Waals surface area (Å²) in [6.07, 6.45) is 2.33. The Balaban J connectivity index is 1.90. The van der Waals surface area contributed by atoms with E-state index in [1.54, 1.807) is 12.1 Å². The molecule has 0 N–H and O–H groups in total. The normalized spacial score (nSPS) is 10.2. The van der Waals surface area contributed by atoms with Gasteiger partial charge in [-0.25, -0.2) is 8.78 Å². The van der Waals surface area contributed by atoms with Crippen molar-refractivity contribution >= 4 is 5.91 Å². The molecule has 110 valence electrons. The third kappa shape index (κ3) is 3.75. The number of pyridine rings is 1. The van der Waals surface area contributed by atoms with E-state index in [1.165, 1.54) is 36.3 Å². The summed E-state index contributed by atoms with van der Waals surface area (Å²) in [6.45, 7) is 0.310. The average Bonchev–Trinajstić information content (AvgIpc) is 2.49.